The Bertz CT molecular complexity index is 788. The highest BCUT2D eigenvalue weighted by Crippen LogP contribution is 2.24. The Morgan fingerprint density at radius 3 is 2.62 bits per heavy atom. The Morgan fingerprint density at radius 2 is 2.00 bits per heavy atom. The van der Waals surface area contributed by atoms with Crippen LogP contribution >= 0.6 is 12.2 Å². The number of aryl methyl sites for hydroxylation is 1. The molecule has 5 nitrogen and oxygen atoms in total. The topological polar surface area (TPSA) is 76.3 Å². The number of hydrogen-bond acceptors (Lipinski definition) is 4. The standard InChI is InChI=1S/C14H15N3O2S2/c1-10-5-3-6-11(9-10)17(2)21(18,19)12-7-4-8-16-13(12)14(15)20/h3-9H,1-2H3,(H2,15,20). The van der Waals surface area contributed by atoms with Gasteiger partial charge in [-0.3, -0.25) is 9.29 Å². The fraction of sp³-hybridized carbons (Fsp3) is 0.143. The van der Waals surface area contributed by atoms with E-state index in [-0.39, 0.29) is 15.6 Å². The summed E-state index contributed by atoms with van der Waals surface area (Å²) in [6, 6.07) is 10.2. The van der Waals surface area contributed by atoms with E-state index in [4.69, 9.17) is 18.0 Å². The van der Waals surface area contributed by atoms with Gasteiger partial charge in [-0.25, -0.2) is 8.42 Å². The summed E-state index contributed by atoms with van der Waals surface area (Å²) in [5.41, 5.74) is 7.19. The van der Waals surface area contributed by atoms with Gasteiger partial charge >= 0.3 is 0 Å². The first-order valence-electron chi connectivity index (χ1n) is 6.14. The van der Waals surface area contributed by atoms with E-state index < -0.39 is 10.0 Å². The van der Waals surface area contributed by atoms with E-state index in [1.807, 2.05) is 13.0 Å². The van der Waals surface area contributed by atoms with Gasteiger partial charge in [0.05, 0.1) is 5.69 Å². The maximum absolute atomic E-state index is 12.7. The van der Waals surface area contributed by atoms with Crippen molar-refractivity contribution in [2.75, 3.05) is 11.4 Å². The number of hydrogen-bond donors (Lipinski definition) is 1. The Hall–Kier alpha value is -1.99. The van der Waals surface area contributed by atoms with Crippen LogP contribution in [-0.4, -0.2) is 25.4 Å². The zero-order chi connectivity index (χ0) is 15.6. The van der Waals surface area contributed by atoms with E-state index in [0.29, 0.717) is 5.69 Å². The number of anilines is 1. The zero-order valence-electron chi connectivity index (χ0n) is 11.6. The third-order valence-electron chi connectivity index (χ3n) is 3.01. The molecule has 0 amide bonds. The number of sulfonamides is 1. The summed E-state index contributed by atoms with van der Waals surface area (Å²) in [4.78, 5) is 3.92. The third kappa shape index (κ3) is 3.03. The minimum atomic E-state index is -3.78. The monoisotopic (exact) mass is 321 g/mol. The summed E-state index contributed by atoms with van der Waals surface area (Å²) in [5, 5.41) is 0. The fourth-order valence-electron chi connectivity index (χ4n) is 1.89. The molecule has 110 valence electrons. The molecule has 0 aliphatic heterocycles. The SMILES string of the molecule is Cc1cccc(N(C)S(=O)(=O)c2cccnc2C(N)=S)c1. The molecule has 0 saturated carbocycles. The maximum Gasteiger partial charge on any atom is 0.266 e. The predicted molar refractivity (Wildman–Crippen MR) is 86.9 cm³/mol. The highest BCUT2D eigenvalue weighted by Gasteiger charge is 2.25. The summed E-state index contributed by atoms with van der Waals surface area (Å²) in [7, 11) is -2.29. The van der Waals surface area contributed by atoms with Crippen molar-refractivity contribution in [1.82, 2.24) is 4.98 Å². The van der Waals surface area contributed by atoms with E-state index in [1.165, 1.54) is 23.6 Å². The van der Waals surface area contributed by atoms with Crippen LogP contribution in [0.4, 0.5) is 5.69 Å². The zero-order valence-corrected chi connectivity index (χ0v) is 13.3. The van der Waals surface area contributed by atoms with Gasteiger partial charge in [0.15, 0.2) is 0 Å². The molecule has 21 heavy (non-hydrogen) atoms. The maximum atomic E-state index is 12.7. The molecule has 0 unspecified atom stereocenters. The van der Waals surface area contributed by atoms with Crippen molar-refractivity contribution >= 4 is 32.9 Å². The Balaban J connectivity index is 2.55. The molecule has 0 fully saturated rings. The molecule has 1 aromatic carbocycles. The molecular weight excluding hydrogens is 306 g/mol. The largest absolute Gasteiger partial charge is 0.388 e. The highest BCUT2D eigenvalue weighted by atomic mass is 32.2. The Morgan fingerprint density at radius 1 is 1.29 bits per heavy atom. The van der Waals surface area contributed by atoms with Crippen molar-refractivity contribution in [1.29, 1.82) is 0 Å². The van der Waals surface area contributed by atoms with Crippen molar-refractivity contribution in [3.8, 4) is 0 Å². The molecule has 0 radical (unpaired) electrons. The summed E-state index contributed by atoms with van der Waals surface area (Å²) in [6.45, 7) is 1.90. The Labute approximate surface area is 129 Å². The molecular formula is C14H15N3O2S2. The minimum Gasteiger partial charge on any atom is -0.388 e. The van der Waals surface area contributed by atoms with E-state index in [9.17, 15) is 8.42 Å². The molecule has 2 aromatic rings. The third-order valence-corrected chi connectivity index (χ3v) is 5.02. The van der Waals surface area contributed by atoms with Gasteiger partial charge in [0.25, 0.3) is 10.0 Å². The van der Waals surface area contributed by atoms with Crippen LogP contribution in [0.15, 0.2) is 47.5 Å². The van der Waals surface area contributed by atoms with E-state index >= 15 is 0 Å². The van der Waals surface area contributed by atoms with Crippen LogP contribution in [0.2, 0.25) is 0 Å². The van der Waals surface area contributed by atoms with Gasteiger partial charge in [-0.15, -0.1) is 0 Å². The van der Waals surface area contributed by atoms with Crippen molar-refractivity contribution in [3.05, 3.63) is 53.9 Å². The van der Waals surface area contributed by atoms with Crippen molar-refractivity contribution in [3.63, 3.8) is 0 Å². The van der Waals surface area contributed by atoms with Crippen molar-refractivity contribution in [2.45, 2.75) is 11.8 Å². The first kappa shape index (κ1) is 15.4. The summed E-state index contributed by atoms with van der Waals surface area (Å²) < 4.78 is 26.7. The van der Waals surface area contributed by atoms with Crippen LogP contribution in [0.5, 0.6) is 0 Å². The van der Waals surface area contributed by atoms with Gasteiger partial charge in [0.1, 0.15) is 15.6 Å². The molecule has 0 spiro atoms. The van der Waals surface area contributed by atoms with Gasteiger partial charge < -0.3 is 5.73 Å². The first-order valence-corrected chi connectivity index (χ1v) is 7.99. The molecule has 0 atom stereocenters. The number of aromatic nitrogens is 1. The number of benzene rings is 1. The molecule has 1 heterocycles. The lowest BCUT2D eigenvalue weighted by molar-refractivity contribution is 0.594. The molecule has 0 aliphatic carbocycles. The van der Waals surface area contributed by atoms with E-state index in [1.54, 1.807) is 24.3 Å². The van der Waals surface area contributed by atoms with E-state index in [2.05, 4.69) is 4.98 Å². The number of pyridine rings is 1. The van der Waals surface area contributed by atoms with Crippen LogP contribution in [0, 0.1) is 6.92 Å². The quantitative estimate of drug-likeness (QED) is 0.870. The minimum absolute atomic E-state index is 0.00139. The van der Waals surface area contributed by atoms with Gasteiger partial charge in [0.2, 0.25) is 0 Å². The number of nitrogens with zero attached hydrogens (tertiary/aromatic N) is 2. The van der Waals surface area contributed by atoms with Gasteiger partial charge in [-0.05, 0) is 36.8 Å². The normalized spacial score (nSPS) is 11.1. The second kappa shape index (κ2) is 5.79. The first-order chi connectivity index (χ1) is 9.84. The van der Waals surface area contributed by atoms with Crippen molar-refractivity contribution < 1.29 is 8.42 Å². The fourth-order valence-corrected chi connectivity index (χ4v) is 3.46. The molecule has 0 aliphatic rings. The highest BCUT2D eigenvalue weighted by molar-refractivity contribution is 7.93. The van der Waals surface area contributed by atoms with Gasteiger partial charge in [-0.1, -0.05) is 24.4 Å². The molecule has 0 bridgehead atoms. The average molecular weight is 321 g/mol. The summed E-state index contributed by atoms with van der Waals surface area (Å²) >= 11 is 4.87. The number of nitrogens with two attached hydrogens (primary N) is 1. The predicted octanol–water partition coefficient (Wildman–Crippen LogP) is 1.85. The second-order valence-corrected chi connectivity index (χ2v) is 6.90. The molecule has 7 heteroatoms. The lowest BCUT2D eigenvalue weighted by atomic mass is 10.2. The van der Waals surface area contributed by atoms with E-state index in [0.717, 1.165) is 5.56 Å². The second-order valence-electron chi connectivity index (χ2n) is 4.53. The molecule has 0 saturated heterocycles. The average Bonchev–Trinajstić information content (AvgIpc) is 2.46. The van der Waals surface area contributed by atoms with Gasteiger partial charge in [-0.2, -0.15) is 0 Å². The molecule has 2 rings (SSSR count). The molecule has 1 aromatic heterocycles. The summed E-state index contributed by atoms with van der Waals surface area (Å²) in [6.07, 6.45) is 1.46. The van der Waals surface area contributed by atoms with Crippen LogP contribution in [0.25, 0.3) is 0 Å². The van der Waals surface area contributed by atoms with Gasteiger partial charge in [0, 0.05) is 13.2 Å². The van der Waals surface area contributed by atoms with Crippen LogP contribution in [0.3, 0.4) is 0 Å². The lowest BCUT2D eigenvalue weighted by Gasteiger charge is -2.21. The summed E-state index contributed by atoms with van der Waals surface area (Å²) in [5.74, 6) is 0. The Kier molecular flexibility index (Phi) is 4.24. The van der Waals surface area contributed by atoms with Crippen LogP contribution in [-0.2, 0) is 10.0 Å². The van der Waals surface area contributed by atoms with Crippen LogP contribution in [0.1, 0.15) is 11.3 Å². The number of rotatable bonds is 4. The lowest BCUT2D eigenvalue weighted by Crippen LogP contribution is -2.29. The molecule has 2 N–H and O–H groups in total. The smallest absolute Gasteiger partial charge is 0.266 e. The number of thiocarbonyl (C=S) groups is 1. The van der Waals surface area contributed by atoms with Crippen LogP contribution < -0.4 is 10.0 Å². The van der Waals surface area contributed by atoms with Crippen molar-refractivity contribution in [2.24, 2.45) is 5.73 Å².